The summed E-state index contributed by atoms with van der Waals surface area (Å²) in [4.78, 5) is 1.93. The predicted octanol–water partition coefficient (Wildman–Crippen LogP) is 5.00. The first-order valence-electron chi connectivity index (χ1n) is 7.21. The Balaban J connectivity index is 1.79. The van der Waals surface area contributed by atoms with E-state index in [1.54, 1.807) is 12.1 Å². The van der Waals surface area contributed by atoms with Crippen molar-refractivity contribution in [3.63, 3.8) is 0 Å². The summed E-state index contributed by atoms with van der Waals surface area (Å²) in [5, 5.41) is 10.1. The summed E-state index contributed by atoms with van der Waals surface area (Å²) >= 11 is 5.91. The molecule has 0 fully saturated rings. The molecule has 2 nitrogen and oxygen atoms in total. The number of nitrogens with zero attached hydrogens (tertiary/aromatic N) is 2. The number of halogens is 2. The molecular formula is C19H14ClFN2. The van der Waals surface area contributed by atoms with Crippen molar-refractivity contribution >= 4 is 11.6 Å². The van der Waals surface area contributed by atoms with E-state index in [0.717, 1.165) is 11.1 Å². The number of allylic oxidation sites excluding steroid dienone is 2. The minimum absolute atomic E-state index is 0.0678. The molecule has 0 aliphatic carbocycles. The largest absolute Gasteiger partial charge is 0.349 e. The van der Waals surface area contributed by atoms with E-state index in [-0.39, 0.29) is 11.7 Å². The van der Waals surface area contributed by atoms with Crippen LogP contribution < -0.4 is 0 Å². The first-order valence-corrected chi connectivity index (χ1v) is 7.59. The third-order valence-electron chi connectivity index (χ3n) is 3.75. The lowest BCUT2D eigenvalue weighted by atomic mass is 9.90. The van der Waals surface area contributed by atoms with Gasteiger partial charge in [-0.2, -0.15) is 5.26 Å². The molecule has 2 aromatic rings. The lowest BCUT2D eigenvalue weighted by molar-refractivity contribution is 0.484. The third-order valence-corrected chi connectivity index (χ3v) is 4.00. The highest BCUT2D eigenvalue weighted by Crippen LogP contribution is 2.30. The molecule has 0 aromatic heterocycles. The van der Waals surface area contributed by atoms with Crippen LogP contribution in [0, 0.1) is 17.1 Å². The molecule has 1 atom stereocenters. The van der Waals surface area contributed by atoms with Gasteiger partial charge in [0.05, 0.1) is 11.6 Å². The highest BCUT2D eigenvalue weighted by Gasteiger charge is 2.18. The van der Waals surface area contributed by atoms with Crippen LogP contribution in [-0.2, 0) is 6.54 Å². The highest BCUT2D eigenvalue weighted by molar-refractivity contribution is 6.30. The molecule has 3 rings (SSSR count). The van der Waals surface area contributed by atoms with Gasteiger partial charge in [-0.25, -0.2) is 4.39 Å². The third kappa shape index (κ3) is 3.61. The quantitative estimate of drug-likeness (QED) is 0.794. The second-order valence-electron chi connectivity index (χ2n) is 5.37. The maximum atomic E-state index is 13.0. The Morgan fingerprint density at radius 3 is 2.43 bits per heavy atom. The van der Waals surface area contributed by atoms with E-state index in [1.807, 2.05) is 47.6 Å². The van der Waals surface area contributed by atoms with Crippen molar-refractivity contribution in [1.82, 2.24) is 4.90 Å². The molecule has 0 N–H and O–H groups in total. The maximum Gasteiger partial charge on any atom is 0.123 e. The van der Waals surface area contributed by atoms with Crippen molar-refractivity contribution in [1.29, 1.82) is 5.26 Å². The van der Waals surface area contributed by atoms with Crippen molar-refractivity contribution in [2.45, 2.75) is 12.5 Å². The van der Waals surface area contributed by atoms with Crippen molar-refractivity contribution < 1.29 is 4.39 Å². The molecule has 1 aliphatic rings. The van der Waals surface area contributed by atoms with Crippen LogP contribution >= 0.6 is 11.6 Å². The zero-order valence-electron chi connectivity index (χ0n) is 12.3. The summed E-state index contributed by atoms with van der Waals surface area (Å²) < 4.78 is 13.0. The van der Waals surface area contributed by atoms with Crippen molar-refractivity contribution in [2.24, 2.45) is 0 Å². The van der Waals surface area contributed by atoms with Gasteiger partial charge in [-0.3, -0.25) is 0 Å². The van der Waals surface area contributed by atoms with Gasteiger partial charge >= 0.3 is 0 Å². The van der Waals surface area contributed by atoms with Gasteiger partial charge in [0.25, 0.3) is 0 Å². The van der Waals surface area contributed by atoms with Crippen molar-refractivity contribution in [3.8, 4) is 6.07 Å². The van der Waals surface area contributed by atoms with Gasteiger partial charge in [0.1, 0.15) is 5.82 Å². The van der Waals surface area contributed by atoms with E-state index in [9.17, 15) is 9.65 Å². The number of hydrogen-bond donors (Lipinski definition) is 0. The Kier molecular flexibility index (Phi) is 4.45. The summed E-state index contributed by atoms with van der Waals surface area (Å²) in [7, 11) is 0. The van der Waals surface area contributed by atoms with E-state index in [1.165, 1.54) is 12.1 Å². The summed E-state index contributed by atoms with van der Waals surface area (Å²) in [6, 6.07) is 16.1. The molecule has 0 radical (unpaired) electrons. The normalized spacial score (nSPS) is 16.8. The fourth-order valence-corrected chi connectivity index (χ4v) is 2.69. The molecule has 0 saturated heterocycles. The molecular weight excluding hydrogens is 311 g/mol. The average Bonchev–Trinajstić information content (AvgIpc) is 2.58. The van der Waals surface area contributed by atoms with Crippen LogP contribution in [0.15, 0.2) is 72.6 Å². The van der Waals surface area contributed by atoms with Gasteiger partial charge in [0.15, 0.2) is 0 Å². The van der Waals surface area contributed by atoms with Gasteiger partial charge in [-0.1, -0.05) is 41.9 Å². The minimum Gasteiger partial charge on any atom is -0.349 e. The van der Waals surface area contributed by atoms with E-state index >= 15 is 0 Å². The predicted molar refractivity (Wildman–Crippen MR) is 89.0 cm³/mol. The Hall–Kier alpha value is -2.57. The minimum atomic E-state index is -0.251. The standard InChI is InChI=1S/C19H14ClFN2/c20-17-5-3-15(4-6-17)19-9-10-23(13-16(19)11-22)12-14-1-7-18(21)8-2-14/h1-10,13,19H,12H2. The molecule has 4 heteroatoms. The summed E-state index contributed by atoms with van der Waals surface area (Å²) in [6.45, 7) is 0.593. The van der Waals surface area contributed by atoms with Gasteiger partial charge in [-0.05, 0) is 35.4 Å². The van der Waals surface area contributed by atoms with Crippen LogP contribution in [0.3, 0.4) is 0 Å². The molecule has 2 aromatic carbocycles. The molecule has 1 aliphatic heterocycles. The first kappa shape index (κ1) is 15.3. The number of hydrogen-bond acceptors (Lipinski definition) is 2. The summed E-state index contributed by atoms with van der Waals surface area (Å²) in [5.74, 6) is -0.319. The van der Waals surface area contributed by atoms with Crippen LogP contribution in [0.2, 0.25) is 5.02 Å². The molecule has 0 amide bonds. The second kappa shape index (κ2) is 6.68. The fourth-order valence-electron chi connectivity index (χ4n) is 2.56. The Morgan fingerprint density at radius 2 is 1.78 bits per heavy atom. The molecule has 0 saturated carbocycles. The summed E-state index contributed by atoms with van der Waals surface area (Å²) in [6.07, 6.45) is 5.78. The van der Waals surface area contributed by atoms with E-state index in [2.05, 4.69) is 6.07 Å². The number of rotatable bonds is 3. The van der Waals surface area contributed by atoms with Gasteiger partial charge < -0.3 is 4.90 Å². The van der Waals surface area contributed by atoms with Crippen molar-refractivity contribution in [2.75, 3.05) is 0 Å². The molecule has 114 valence electrons. The van der Waals surface area contributed by atoms with E-state index < -0.39 is 0 Å². The van der Waals surface area contributed by atoms with Gasteiger partial charge in [0.2, 0.25) is 0 Å². The average molecular weight is 325 g/mol. The van der Waals surface area contributed by atoms with E-state index in [0.29, 0.717) is 17.1 Å². The van der Waals surface area contributed by atoms with Gasteiger partial charge in [0, 0.05) is 29.9 Å². The monoisotopic (exact) mass is 324 g/mol. The molecule has 1 unspecified atom stereocenters. The van der Waals surface area contributed by atoms with Crippen LogP contribution in [0.5, 0.6) is 0 Å². The zero-order valence-corrected chi connectivity index (χ0v) is 13.0. The lowest BCUT2D eigenvalue weighted by Gasteiger charge is -2.24. The zero-order chi connectivity index (χ0) is 16.2. The molecule has 0 bridgehead atoms. The van der Waals surface area contributed by atoms with Crippen LogP contribution in [0.4, 0.5) is 4.39 Å². The lowest BCUT2D eigenvalue weighted by Crippen LogP contribution is -2.16. The second-order valence-corrected chi connectivity index (χ2v) is 5.80. The van der Waals surface area contributed by atoms with E-state index in [4.69, 9.17) is 11.6 Å². The molecule has 0 spiro atoms. The van der Waals surface area contributed by atoms with Gasteiger partial charge in [-0.15, -0.1) is 0 Å². The fraction of sp³-hybridized carbons (Fsp3) is 0.105. The maximum absolute atomic E-state index is 13.0. The smallest absolute Gasteiger partial charge is 0.123 e. The topological polar surface area (TPSA) is 27.0 Å². The first-order chi connectivity index (χ1) is 11.2. The van der Waals surface area contributed by atoms with Crippen LogP contribution in [0.25, 0.3) is 0 Å². The van der Waals surface area contributed by atoms with Crippen molar-refractivity contribution in [3.05, 3.63) is 94.5 Å². The highest BCUT2D eigenvalue weighted by atomic mass is 35.5. The molecule has 1 heterocycles. The number of nitriles is 1. The molecule has 23 heavy (non-hydrogen) atoms. The van der Waals surface area contributed by atoms with Crippen LogP contribution in [0.1, 0.15) is 17.0 Å². The Labute approximate surface area is 139 Å². The SMILES string of the molecule is N#CC1=CN(Cc2ccc(F)cc2)C=CC1c1ccc(Cl)cc1. The Morgan fingerprint density at radius 1 is 1.09 bits per heavy atom. The Bertz CT molecular complexity index is 786. The number of benzene rings is 2. The van der Waals surface area contributed by atoms with Crippen LogP contribution in [-0.4, -0.2) is 4.90 Å². The summed E-state index contributed by atoms with van der Waals surface area (Å²) in [5.41, 5.74) is 2.67.